The normalized spacial score (nSPS) is 10.5. The molecule has 1 aromatic carbocycles. The number of aromatic nitrogens is 2. The molecular weight excluding hydrogens is 170 g/mol. The van der Waals surface area contributed by atoms with E-state index in [1.165, 1.54) is 18.5 Å². The van der Waals surface area contributed by atoms with E-state index in [2.05, 4.69) is 0 Å². The first-order valence-electron chi connectivity index (χ1n) is 3.71. The van der Waals surface area contributed by atoms with Gasteiger partial charge in [-0.3, -0.25) is 0 Å². The first-order chi connectivity index (χ1) is 6.18. The van der Waals surface area contributed by atoms with Crippen LogP contribution in [0, 0.1) is 4.91 Å². The maximum absolute atomic E-state index is 11.2. The van der Waals surface area contributed by atoms with Crippen LogP contribution in [0.5, 0.6) is 0 Å². The molecule has 0 radical (unpaired) electrons. The zero-order chi connectivity index (χ0) is 9.42. The van der Waals surface area contributed by atoms with Crippen molar-refractivity contribution < 1.29 is 9.63 Å². The predicted octanol–water partition coefficient (Wildman–Crippen LogP) is 0.375. The van der Waals surface area contributed by atoms with Crippen LogP contribution in [0.4, 0.5) is 5.69 Å². The van der Waals surface area contributed by atoms with Gasteiger partial charge in [0, 0.05) is 16.7 Å². The van der Waals surface area contributed by atoms with Gasteiger partial charge in [0.05, 0.1) is 4.43 Å². The summed E-state index contributed by atoms with van der Waals surface area (Å²) in [4.78, 5) is 11.2. The molecule has 0 saturated carbocycles. The predicted molar refractivity (Wildman–Crippen MR) is 46.9 cm³/mol. The van der Waals surface area contributed by atoms with Crippen molar-refractivity contribution in [3.8, 4) is 0 Å². The fourth-order valence-corrected chi connectivity index (χ4v) is 1.19. The van der Waals surface area contributed by atoms with Gasteiger partial charge < -0.3 is 10.9 Å². The summed E-state index contributed by atoms with van der Waals surface area (Å²) in [5.41, 5.74) is 6.77. The lowest BCUT2D eigenvalue weighted by atomic mass is 10.3. The molecule has 0 aliphatic rings. The summed E-state index contributed by atoms with van der Waals surface area (Å²) in [6.07, 6.45) is 2.48. The SMILES string of the molecule is Nc1ccc2c(c1)n(O)cc[n+]2=O. The lowest BCUT2D eigenvalue weighted by Crippen LogP contribution is -2.16. The van der Waals surface area contributed by atoms with Crippen molar-refractivity contribution in [3.05, 3.63) is 35.5 Å². The van der Waals surface area contributed by atoms with E-state index in [9.17, 15) is 10.1 Å². The minimum absolute atomic E-state index is 0.374. The summed E-state index contributed by atoms with van der Waals surface area (Å²) in [7, 11) is 0. The van der Waals surface area contributed by atoms with Crippen LogP contribution in [0.15, 0.2) is 30.6 Å². The van der Waals surface area contributed by atoms with E-state index in [1.54, 1.807) is 12.1 Å². The number of fused-ring (bicyclic) bond motifs is 1. The molecule has 0 fully saturated rings. The highest BCUT2D eigenvalue weighted by Gasteiger charge is 2.08. The van der Waals surface area contributed by atoms with Crippen LogP contribution >= 0.6 is 0 Å². The van der Waals surface area contributed by atoms with Crippen LogP contribution in [-0.2, 0) is 0 Å². The summed E-state index contributed by atoms with van der Waals surface area (Å²) < 4.78 is 1.53. The van der Waals surface area contributed by atoms with Gasteiger partial charge in [0.2, 0.25) is 6.20 Å². The van der Waals surface area contributed by atoms with Crippen molar-refractivity contribution in [1.82, 2.24) is 4.73 Å². The molecule has 13 heavy (non-hydrogen) atoms. The maximum Gasteiger partial charge on any atom is 0.289 e. The summed E-state index contributed by atoms with van der Waals surface area (Å²) >= 11 is 0. The van der Waals surface area contributed by atoms with Gasteiger partial charge in [0.25, 0.3) is 5.52 Å². The highest BCUT2D eigenvalue weighted by molar-refractivity contribution is 5.75. The van der Waals surface area contributed by atoms with Crippen molar-refractivity contribution in [3.63, 3.8) is 0 Å². The van der Waals surface area contributed by atoms with Gasteiger partial charge in [-0.15, -0.1) is 0 Å². The highest BCUT2D eigenvalue weighted by atomic mass is 16.5. The van der Waals surface area contributed by atoms with Gasteiger partial charge in [-0.1, -0.05) is 0 Å². The number of nitrogens with zero attached hydrogens (tertiary/aromatic N) is 2. The molecule has 0 bridgehead atoms. The van der Waals surface area contributed by atoms with Gasteiger partial charge in [-0.2, -0.15) is 4.73 Å². The number of anilines is 1. The Morgan fingerprint density at radius 2 is 2.23 bits per heavy atom. The summed E-state index contributed by atoms with van der Waals surface area (Å²) in [5, 5.41) is 9.33. The summed E-state index contributed by atoms with van der Waals surface area (Å²) in [5.74, 6) is 0. The number of hydrogen-bond acceptors (Lipinski definition) is 3. The zero-order valence-electron chi connectivity index (χ0n) is 6.71. The smallest absolute Gasteiger partial charge is 0.289 e. The average molecular weight is 178 g/mol. The zero-order valence-corrected chi connectivity index (χ0v) is 6.71. The topological polar surface area (TPSA) is 74.2 Å². The molecule has 5 heteroatoms. The second-order valence-corrected chi connectivity index (χ2v) is 2.72. The Kier molecular flexibility index (Phi) is 1.45. The highest BCUT2D eigenvalue weighted by Crippen LogP contribution is 2.11. The van der Waals surface area contributed by atoms with Crippen LogP contribution in [-0.4, -0.2) is 9.94 Å². The Balaban J connectivity index is 3.01. The molecule has 0 amide bonds. The Labute approximate surface area is 73.2 Å². The van der Waals surface area contributed by atoms with E-state index in [0.29, 0.717) is 21.1 Å². The monoisotopic (exact) mass is 178 g/mol. The molecule has 2 rings (SSSR count). The van der Waals surface area contributed by atoms with E-state index in [4.69, 9.17) is 5.73 Å². The second kappa shape index (κ2) is 2.48. The molecule has 0 spiro atoms. The molecule has 0 unspecified atom stereocenters. The van der Waals surface area contributed by atoms with Crippen LogP contribution in [0.25, 0.3) is 11.0 Å². The second-order valence-electron chi connectivity index (χ2n) is 2.72. The fraction of sp³-hybridized carbons (Fsp3) is 0. The number of hydrogen-bond donors (Lipinski definition) is 2. The molecule has 0 aliphatic heterocycles. The first-order valence-corrected chi connectivity index (χ1v) is 3.71. The van der Waals surface area contributed by atoms with E-state index in [-0.39, 0.29) is 0 Å². The first kappa shape index (κ1) is 7.60. The molecule has 0 saturated heterocycles. The summed E-state index contributed by atoms with van der Waals surface area (Å²) in [6, 6.07) is 4.70. The minimum atomic E-state index is 0.374. The van der Waals surface area contributed by atoms with E-state index in [0.717, 1.165) is 4.73 Å². The van der Waals surface area contributed by atoms with Crippen molar-refractivity contribution in [2.45, 2.75) is 0 Å². The number of nitrogens with two attached hydrogens (primary N) is 1. The van der Waals surface area contributed by atoms with Gasteiger partial charge in [0.1, 0.15) is 6.20 Å². The Morgan fingerprint density at radius 3 is 3.00 bits per heavy atom. The number of benzene rings is 1. The molecule has 5 nitrogen and oxygen atoms in total. The molecule has 0 atom stereocenters. The molecule has 2 aromatic rings. The van der Waals surface area contributed by atoms with Crippen molar-refractivity contribution in [2.24, 2.45) is 0 Å². The fourth-order valence-electron chi connectivity index (χ4n) is 1.19. The Morgan fingerprint density at radius 1 is 1.46 bits per heavy atom. The quantitative estimate of drug-likeness (QED) is 0.348. The minimum Gasteiger partial charge on any atom is -0.428 e. The van der Waals surface area contributed by atoms with E-state index in [1.807, 2.05) is 0 Å². The summed E-state index contributed by atoms with van der Waals surface area (Å²) in [6.45, 7) is 0. The van der Waals surface area contributed by atoms with E-state index >= 15 is 0 Å². The van der Waals surface area contributed by atoms with Gasteiger partial charge in [0.15, 0.2) is 5.52 Å². The van der Waals surface area contributed by atoms with Crippen molar-refractivity contribution >= 4 is 16.7 Å². The standard InChI is InChI=1S/C8H8N3O2/c9-6-1-2-7-8(5-6)11(13)4-3-10(7)12/h1-5,13H,9H2/q+1. The molecule has 1 aromatic heterocycles. The van der Waals surface area contributed by atoms with Crippen LogP contribution in [0.3, 0.4) is 0 Å². The van der Waals surface area contributed by atoms with Crippen molar-refractivity contribution in [2.75, 3.05) is 5.73 Å². The third kappa shape index (κ3) is 1.10. The molecule has 0 aliphatic carbocycles. The van der Waals surface area contributed by atoms with Crippen LogP contribution in [0.1, 0.15) is 0 Å². The molecule has 3 N–H and O–H groups in total. The maximum atomic E-state index is 11.2. The van der Waals surface area contributed by atoms with Crippen LogP contribution < -0.4 is 10.2 Å². The van der Waals surface area contributed by atoms with E-state index < -0.39 is 0 Å². The van der Waals surface area contributed by atoms with Crippen LogP contribution in [0.2, 0.25) is 0 Å². The number of nitrogen functional groups attached to an aromatic ring is 1. The third-order valence-electron chi connectivity index (χ3n) is 1.83. The largest absolute Gasteiger partial charge is 0.428 e. The van der Waals surface area contributed by atoms with Gasteiger partial charge in [-0.05, 0) is 12.1 Å². The van der Waals surface area contributed by atoms with Crippen molar-refractivity contribution in [1.29, 1.82) is 0 Å². The molecule has 1 heterocycles. The lowest BCUT2D eigenvalue weighted by Gasteiger charge is -1.97. The Bertz CT molecular complexity index is 518. The average Bonchev–Trinajstić information content (AvgIpc) is 2.12. The number of rotatable bonds is 0. The Hall–Kier alpha value is -2.04. The third-order valence-corrected chi connectivity index (χ3v) is 1.83. The van der Waals surface area contributed by atoms with Gasteiger partial charge >= 0.3 is 0 Å². The molecule has 66 valence electrons. The lowest BCUT2D eigenvalue weighted by molar-refractivity contribution is -0.465. The van der Waals surface area contributed by atoms with Gasteiger partial charge in [-0.25, -0.2) is 0 Å². The molecular formula is C8H8N3O2+.